The van der Waals surface area contributed by atoms with Crippen molar-refractivity contribution in [3.63, 3.8) is 0 Å². The Kier molecular flexibility index (Phi) is 161. The molecular formula is C4H12Cl3Ti-. The summed E-state index contributed by atoms with van der Waals surface area (Å²) in [4.78, 5) is 0. The number of hydrogen-bond donors (Lipinski definition) is 0. The van der Waals surface area contributed by atoms with Crippen molar-refractivity contribution in [3.8, 4) is 0 Å². The van der Waals surface area contributed by atoms with Gasteiger partial charge in [-0.05, 0) is 0 Å². The number of rotatable bonds is 1. The second kappa shape index (κ2) is 38.4. The summed E-state index contributed by atoms with van der Waals surface area (Å²) in [5.41, 5.74) is 0. The number of halogens is 3. The molecule has 0 aliphatic heterocycles. The summed E-state index contributed by atoms with van der Waals surface area (Å²) < 4.78 is 0. The molecule has 0 radical (unpaired) electrons. The first kappa shape index (κ1) is 33.6. The first-order valence-electron chi connectivity index (χ1n) is 1.71. The van der Waals surface area contributed by atoms with E-state index in [1.54, 1.807) is 0 Å². The first-order chi connectivity index (χ1) is 1.91. The van der Waals surface area contributed by atoms with Gasteiger partial charge in [0.2, 0.25) is 0 Å². The monoisotopic (exact) mass is 213 g/mol. The number of hydrogen-bond acceptors (Lipinski definition) is 0. The van der Waals surface area contributed by atoms with Crippen LogP contribution in [0.1, 0.15) is 19.8 Å². The molecule has 0 spiro atoms. The zero-order valence-corrected chi connectivity index (χ0v) is 8.86. The summed E-state index contributed by atoms with van der Waals surface area (Å²) in [5, 5.41) is 0. The van der Waals surface area contributed by atoms with Gasteiger partial charge in [0.1, 0.15) is 0 Å². The van der Waals surface area contributed by atoms with Gasteiger partial charge in [0.25, 0.3) is 0 Å². The third-order valence-corrected chi connectivity index (χ3v) is 0.354. The molecule has 0 aromatic carbocycles. The second-order valence-corrected chi connectivity index (χ2v) is 0.854. The molecule has 8 heavy (non-hydrogen) atoms. The zero-order valence-electron chi connectivity index (χ0n) is 4.85. The van der Waals surface area contributed by atoms with Crippen LogP contribution < -0.4 is 0 Å². The van der Waals surface area contributed by atoms with Gasteiger partial charge in [-0.25, -0.2) is 0 Å². The molecule has 0 unspecified atom stereocenters. The molecule has 0 saturated heterocycles. The summed E-state index contributed by atoms with van der Waals surface area (Å²) in [6.45, 7) is 5.72. The van der Waals surface area contributed by atoms with Crippen LogP contribution in [0.25, 0.3) is 0 Å². The fourth-order valence-corrected chi connectivity index (χ4v) is 0. The Morgan fingerprint density at radius 2 is 1.25 bits per heavy atom. The molecule has 0 bridgehead atoms. The minimum atomic E-state index is 0. The molecule has 0 amide bonds. The van der Waals surface area contributed by atoms with E-state index in [9.17, 15) is 0 Å². The van der Waals surface area contributed by atoms with Gasteiger partial charge in [0, 0.05) is 21.7 Å². The molecule has 0 saturated carbocycles. The van der Waals surface area contributed by atoms with E-state index in [0.717, 1.165) is 6.42 Å². The first-order valence-corrected chi connectivity index (χ1v) is 1.71. The second-order valence-electron chi connectivity index (χ2n) is 0.854. The van der Waals surface area contributed by atoms with Crippen LogP contribution in [0.2, 0.25) is 0 Å². The maximum atomic E-state index is 3.60. The zero-order chi connectivity index (χ0) is 3.41. The van der Waals surface area contributed by atoms with Crippen LogP contribution in [0, 0.1) is 6.92 Å². The van der Waals surface area contributed by atoms with Crippen LogP contribution in [0.5, 0.6) is 0 Å². The average molecular weight is 214 g/mol. The molecule has 0 fully saturated rings. The van der Waals surface area contributed by atoms with Crippen LogP contribution in [-0.2, 0) is 21.7 Å². The molecule has 0 aromatic rings. The van der Waals surface area contributed by atoms with Crippen molar-refractivity contribution in [1.29, 1.82) is 0 Å². The van der Waals surface area contributed by atoms with E-state index in [1.807, 2.05) is 0 Å². The Morgan fingerprint density at radius 1 is 1.12 bits per heavy atom. The van der Waals surface area contributed by atoms with Gasteiger partial charge in [0.05, 0.1) is 0 Å². The Hall–Kier alpha value is 1.58. The third kappa shape index (κ3) is 49.2. The quantitative estimate of drug-likeness (QED) is 0.465. The van der Waals surface area contributed by atoms with Crippen LogP contribution in [0.15, 0.2) is 0 Å². The third-order valence-electron chi connectivity index (χ3n) is 0.354. The summed E-state index contributed by atoms with van der Waals surface area (Å²) in [5.74, 6) is 0. The van der Waals surface area contributed by atoms with E-state index in [2.05, 4.69) is 13.8 Å². The summed E-state index contributed by atoms with van der Waals surface area (Å²) in [6.07, 6.45) is 2.28. The summed E-state index contributed by atoms with van der Waals surface area (Å²) in [6, 6.07) is 0. The molecule has 4 heteroatoms. The smallest absolute Gasteiger partial charge is 0 e. The van der Waals surface area contributed by atoms with Crippen molar-refractivity contribution in [2.45, 2.75) is 19.8 Å². The molecule has 0 nitrogen and oxygen atoms in total. The largest absolute Gasteiger partial charge is 0.343 e. The van der Waals surface area contributed by atoms with Gasteiger partial charge in [-0.2, -0.15) is 6.42 Å². The van der Waals surface area contributed by atoms with Crippen molar-refractivity contribution in [2.24, 2.45) is 0 Å². The maximum absolute atomic E-state index is 3.60. The molecule has 0 aliphatic carbocycles. The van der Waals surface area contributed by atoms with E-state index >= 15 is 0 Å². The molecule has 0 atom stereocenters. The van der Waals surface area contributed by atoms with Crippen molar-refractivity contribution in [2.75, 3.05) is 0 Å². The standard InChI is InChI=1S/C4H9.3ClH.Ti/c1-3-4-2;;;;/h1,3-4H2,2H3;3*1H;/q-1;;;;. The number of unbranched alkanes of at least 4 members (excludes halogenated alkanes) is 1. The predicted octanol–water partition coefficient (Wildman–Crippen LogP) is 2.88. The molecule has 0 rings (SSSR count). The molecular weight excluding hydrogens is 202 g/mol. The van der Waals surface area contributed by atoms with Crippen molar-refractivity contribution in [1.82, 2.24) is 0 Å². The van der Waals surface area contributed by atoms with E-state index in [-0.39, 0.29) is 58.9 Å². The van der Waals surface area contributed by atoms with Crippen LogP contribution in [-0.4, -0.2) is 0 Å². The fourth-order valence-electron chi connectivity index (χ4n) is 0. The Bertz CT molecular complexity index is 13.2. The molecule has 0 aliphatic rings. The van der Waals surface area contributed by atoms with Gasteiger partial charge < -0.3 is 6.92 Å². The Balaban J connectivity index is -0.00000000750. The van der Waals surface area contributed by atoms with E-state index in [0.29, 0.717) is 0 Å². The molecule has 0 aromatic heterocycles. The van der Waals surface area contributed by atoms with Crippen molar-refractivity contribution in [3.05, 3.63) is 6.92 Å². The fraction of sp³-hybridized carbons (Fsp3) is 0.750. The van der Waals surface area contributed by atoms with E-state index < -0.39 is 0 Å². The minimum absolute atomic E-state index is 0. The molecule has 54 valence electrons. The predicted molar refractivity (Wildman–Crippen MR) is 42.0 cm³/mol. The topological polar surface area (TPSA) is 0 Å². The van der Waals surface area contributed by atoms with Crippen LogP contribution in [0.3, 0.4) is 0 Å². The van der Waals surface area contributed by atoms with Gasteiger partial charge in [-0.3, -0.25) is 0 Å². The SMILES string of the molecule is Cl.Cl.Cl.[CH2-]CCC.[Ti]. The van der Waals surface area contributed by atoms with Crippen molar-refractivity contribution >= 4 is 37.2 Å². The van der Waals surface area contributed by atoms with Crippen LogP contribution >= 0.6 is 37.2 Å². The Morgan fingerprint density at radius 3 is 1.25 bits per heavy atom. The van der Waals surface area contributed by atoms with Gasteiger partial charge in [-0.15, -0.1) is 37.2 Å². The molecule has 0 heterocycles. The van der Waals surface area contributed by atoms with Gasteiger partial charge in [0.15, 0.2) is 0 Å². The van der Waals surface area contributed by atoms with E-state index in [4.69, 9.17) is 0 Å². The molecule has 0 N–H and O–H groups in total. The van der Waals surface area contributed by atoms with Crippen LogP contribution in [0.4, 0.5) is 0 Å². The normalized spacial score (nSPS) is 3.75. The maximum Gasteiger partial charge on any atom is 0 e. The van der Waals surface area contributed by atoms with Crippen molar-refractivity contribution < 1.29 is 21.7 Å². The Labute approximate surface area is 85.3 Å². The van der Waals surface area contributed by atoms with Gasteiger partial charge >= 0.3 is 0 Å². The minimum Gasteiger partial charge on any atom is -0.343 e. The van der Waals surface area contributed by atoms with Gasteiger partial charge in [-0.1, -0.05) is 13.3 Å². The van der Waals surface area contributed by atoms with E-state index in [1.165, 1.54) is 6.42 Å². The summed E-state index contributed by atoms with van der Waals surface area (Å²) in [7, 11) is 0. The summed E-state index contributed by atoms with van der Waals surface area (Å²) >= 11 is 0. The average Bonchev–Trinajstić information content (AvgIpc) is 1.37.